The lowest BCUT2D eigenvalue weighted by Gasteiger charge is -2.15. The van der Waals surface area contributed by atoms with Crippen LogP contribution < -0.4 is 10.1 Å². The van der Waals surface area contributed by atoms with Crippen molar-refractivity contribution in [3.05, 3.63) is 41.5 Å². The van der Waals surface area contributed by atoms with E-state index in [4.69, 9.17) is 9.47 Å². The van der Waals surface area contributed by atoms with E-state index in [1.165, 1.54) is 31.3 Å². The molecule has 1 heterocycles. The predicted molar refractivity (Wildman–Crippen MR) is 94.4 cm³/mol. The van der Waals surface area contributed by atoms with Crippen LogP contribution >= 0.6 is 0 Å². The van der Waals surface area contributed by atoms with Crippen molar-refractivity contribution in [1.29, 1.82) is 0 Å². The second kappa shape index (κ2) is 8.88. The molecule has 0 radical (unpaired) electrons. The number of amides is 1. The van der Waals surface area contributed by atoms with Crippen LogP contribution in [-0.2, 0) is 4.74 Å². The van der Waals surface area contributed by atoms with E-state index in [2.05, 4.69) is 11.4 Å². The molecule has 1 amide bonds. The molecular weight excluding hydrogens is 302 g/mol. The van der Waals surface area contributed by atoms with Crippen molar-refractivity contribution in [3.63, 3.8) is 0 Å². The first-order chi connectivity index (χ1) is 11.8. The molecule has 1 saturated heterocycles. The fourth-order valence-electron chi connectivity index (χ4n) is 3.30. The first-order valence-corrected chi connectivity index (χ1v) is 9.12. The first-order valence-electron chi connectivity index (χ1n) is 9.12. The van der Waals surface area contributed by atoms with Gasteiger partial charge in [-0.2, -0.15) is 0 Å². The van der Waals surface area contributed by atoms with E-state index in [9.17, 15) is 4.79 Å². The normalized spacial score (nSPS) is 20.5. The summed E-state index contributed by atoms with van der Waals surface area (Å²) in [6.45, 7) is 2.01. The Kier molecular flexibility index (Phi) is 6.30. The van der Waals surface area contributed by atoms with Crippen molar-refractivity contribution >= 4 is 5.91 Å². The minimum absolute atomic E-state index is 0.0608. The van der Waals surface area contributed by atoms with Crippen LogP contribution in [0.1, 0.15) is 55.3 Å². The molecule has 4 heteroatoms. The summed E-state index contributed by atoms with van der Waals surface area (Å²) >= 11 is 0. The average molecular weight is 329 g/mol. The van der Waals surface area contributed by atoms with E-state index in [0.717, 1.165) is 25.9 Å². The quantitative estimate of drug-likeness (QED) is 0.773. The fraction of sp³-hybridized carbons (Fsp3) is 0.550. The fourth-order valence-corrected chi connectivity index (χ4v) is 3.30. The molecule has 1 aliphatic heterocycles. The lowest BCUT2D eigenvalue weighted by molar-refractivity contribution is 0.0670. The van der Waals surface area contributed by atoms with E-state index in [-0.39, 0.29) is 12.0 Å². The first kappa shape index (κ1) is 17.0. The summed E-state index contributed by atoms with van der Waals surface area (Å²) in [4.78, 5) is 12.5. The third-order valence-corrected chi connectivity index (χ3v) is 4.70. The van der Waals surface area contributed by atoms with Gasteiger partial charge in [-0.25, -0.2) is 0 Å². The van der Waals surface area contributed by atoms with Crippen LogP contribution in [0.25, 0.3) is 0 Å². The molecule has 1 aromatic rings. The zero-order valence-electron chi connectivity index (χ0n) is 14.3. The highest BCUT2D eigenvalue weighted by Crippen LogP contribution is 2.21. The summed E-state index contributed by atoms with van der Waals surface area (Å²) in [6, 6.07) is 7.44. The molecular formula is C20H27NO3. The zero-order valence-corrected chi connectivity index (χ0v) is 14.3. The molecule has 0 unspecified atom stereocenters. The largest absolute Gasteiger partial charge is 0.490 e. The summed E-state index contributed by atoms with van der Waals surface area (Å²) in [7, 11) is 0. The van der Waals surface area contributed by atoms with Gasteiger partial charge < -0.3 is 14.8 Å². The number of carbonyl (C=O) groups is 1. The monoisotopic (exact) mass is 329 g/mol. The van der Waals surface area contributed by atoms with E-state index in [1.807, 2.05) is 24.3 Å². The van der Waals surface area contributed by atoms with Crippen molar-refractivity contribution in [3.8, 4) is 5.75 Å². The summed E-state index contributed by atoms with van der Waals surface area (Å²) in [5.41, 5.74) is 2.08. The smallest absolute Gasteiger partial charge is 0.255 e. The Labute approximate surface area is 144 Å². The predicted octanol–water partition coefficient (Wildman–Crippen LogP) is 3.86. The molecule has 24 heavy (non-hydrogen) atoms. The molecule has 2 aliphatic rings. The molecule has 130 valence electrons. The van der Waals surface area contributed by atoms with Crippen LogP contribution in [0.4, 0.5) is 0 Å². The maximum atomic E-state index is 12.5. The molecule has 3 rings (SSSR count). The SMILES string of the molecule is O=C(NCCC1=CCCCC1)c1ccccc1OC[C@H]1CCCO1. The van der Waals surface area contributed by atoms with Gasteiger partial charge in [0.2, 0.25) is 0 Å². The second-order valence-corrected chi connectivity index (χ2v) is 6.56. The second-order valence-electron chi connectivity index (χ2n) is 6.56. The minimum Gasteiger partial charge on any atom is -0.490 e. The zero-order chi connectivity index (χ0) is 16.6. The van der Waals surface area contributed by atoms with E-state index < -0.39 is 0 Å². The molecule has 0 spiro atoms. The Morgan fingerprint density at radius 1 is 1.25 bits per heavy atom. The number of para-hydroxylation sites is 1. The standard InChI is InChI=1S/C20H27NO3/c22-20(21-13-12-16-7-2-1-3-8-16)18-10-4-5-11-19(18)24-15-17-9-6-14-23-17/h4-5,7,10-11,17H,1-3,6,8-9,12-15H2,(H,21,22)/t17-/m1/s1. The molecule has 1 aliphatic carbocycles. The topological polar surface area (TPSA) is 47.6 Å². The summed E-state index contributed by atoms with van der Waals surface area (Å²) in [5, 5.41) is 3.02. The van der Waals surface area contributed by atoms with Crippen LogP contribution in [0.2, 0.25) is 0 Å². The van der Waals surface area contributed by atoms with Crippen LogP contribution in [0.3, 0.4) is 0 Å². The number of hydrogen-bond acceptors (Lipinski definition) is 3. The number of carbonyl (C=O) groups excluding carboxylic acids is 1. The van der Waals surface area contributed by atoms with Gasteiger partial charge in [0.1, 0.15) is 12.4 Å². The highest BCUT2D eigenvalue weighted by Gasteiger charge is 2.18. The van der Waals surface area contributed by atoms with Crippen LogP contribution in [0.15, 0.2) is 35.9 Å². The van der Waals surface area contributed by atoms with Crippen molar-refractivity contribution in [1.82, 2.24) is 5.32 Å². The van der Waals surface area contributed by atoms with E-state index >= 15 is 0 Å². The minimum atomic E-state index is -0.0608. The molecule has 0 aromatic heterocycles. The van der Waals surface area contributed by atoms with Crippen molar-refractivity contribution in [2.24, 2.45) is 0 Å². The summed E-state index contributed by atoms with van der Waals surface area (Å²) in [5.74, 6) is 0.580. The van der Waals surface area contributed by atoms with Crippen molar-refractivity contribution in [2.45, 2.75) is 51.0 Å². The molecule has 1 atom stereocenters. The average Bonchev–Trinajstić information content (AvgIpc) is 3.14. The van der Waals surface area contributed by atoms with Gasteiger partial charge in [-0.15, -0.1) is 0 Å². The number of rotatable bonds is 7. The van der Waals surface area contributed by atoms with Gasteiger partial charge in [-0.05, 0) is 57.1 Å². The van der Waals surface area contributed by atoms with Gasteiger partial charge in [0, 0.05) is 13.2 Å². The summed E-state index contributed by atoms with van der Waals surface area (Å²) < 4.78 is 11.4. The molecule has 1 fully saturated rings. The lowest BCUT2D eigenvalue weighted by Crippen LogP contribution is -2.26. The number of hydrogen-bond donors (Lipinski definition) is 1. The maximum Gasteiger partial charge on any atom is 0.255 e. The van der Waals surface area contributed by atoms with Crippen molar-refractivity contribution < 1.29 is 14.3 Å². The van der Waals surface area contributed by atoms with Crippen molar-refractivity contribution in [2.75, 3.05) is 19.8 Å². The Balaban J connectivity index is 1.50. The molecule has 0 saturated carbocycles. The Morgan fingerprint density at radius 2 is 2.17 bits per heavy atom. The number of nitrogens with one attached hydrogen (secondary N) is 1. The van der Waals surface area contributed by atoms with Crippen LogP contribution in [0.5, 0.6) is 5.75 Å². The van der Waals surface area contributed by atoms with Crippen LogP contribution in [0, 0.1) is 0 Å². The van der Waals surface area contributed by atoms with Gasteiger partial charge in [0.25, 0.3) is 5.91 Å². The van der Waals surface area contributed by atoms with Gasteiger partial charge in [0.05, 0.1) is 11.7 Å². The van der Waals surface area contributed by atoms with Crippen LogP contribution in [-0.4, -0.2) is 31.8 Å². The third kappa shape index (κ3) is 4.84. The third-order valence-electron chi connectivity index (χ3n) is 4.70. The highest BCUT2D eigenvalue weighted by atomic mass is 16.5. The molecule has 0 bridgehead atoms. The van der Waals surface area contributed by atoms with E-state index in [0.29, 0.717) is 24.5 Å². The number of allylic oxidation sites excluding steroid dienone is 1. The summed E-state index contributed by atoms with van der Waals surface area (Å²) in [6.07, 6.45) is 10.5. The molecule has 4 nitrogen and oxygen atoms in total. The number of benzene rings is 1. The lowest BCUT2D eigenvalue weighted by atomic mass is 9.97. The van der Waals surface area contributed by atoms with Gasteiger partial charge >= 0.3 is 0 Å². The Hall–Kier alpha value is -1.81. The van der Waals surface area contributed by atoms with Gasteiger partial charge in [0.15, 0.2) is 0 Å². The maximum absolute atomic E-state index is 12.5. The molecule has 1 aromatic carbocycles. The van der Waals surface area contributed by atoms with Gasteiger partial charge in [-0.1, -0.05) is 23.8 Å². The van der Waals surface area contributed by atoms with E-state index in [1.54, 1.807) is 0 Å². The Bertz CT molecular complexity index is 576. The van der Waals surface area contributed by atoms with Gasteiger partial charge in [-0.3, -0.25) is 4.79 Å². The molecule has 1 N–H and O–H groups in total. The number of ether oxygens (including phenoxy) is 2. The Morgan fingerprint density at radius 3 is 2.96 bits per heavy atom. The highest BCUT2D eigenvalue weighted by molar-refractivity contribution is 5.96.